The number of halogens is 1. The van der Waals surface area contributed by atoms with Gasteiger partial charge >= 0.3 is 0 Å². The van der Waals surface area contributed by atoms with Crippen LogP contribution in [0, 0.1) is 0 Å². The number of nitrogens with one attached hydrogen (secondary N) is 1. The number of thiophene rings is 1. The molecule has 3 aromatic heterocycles. The zero-order valence-corrected chi connectivity index (χ0v) is 16.1. The summed E-state index contributed by atoms with van der Waals surface area (Å²) in [6.45, 7) is 0. The van der Waals surface area contributed by atoms with Crippen LogP contribution in [-0.2, 0) is 9.84 Å². The molecule has 1 fully saturated rings. The maximum absolute atomic E-state index is 12.5. The van der Waals surface area contributed by atoms with E-state index in [1.54, 1.807) is 16.8 Å². The van der Waals surface area contributed by atoms with Crippen molar-refractivity contribution in [2.75, 3.05) is 11.5 Å². The van der Waals surface area contributed by atoms with Crippen molar-refractivity contribution in [3.63, 3.8) is 0 Å². The first-order valence-corrected chi connectivity index (χ1v) is 11.2. The van der Waals surface area contributed by atoms with Crippen LogP contribution in [-0.4, -0.2) is 41.5 Å². The lowest BCUT2D eigenvalue weighted by Gasteiger charge is -2.22. The Labute approximate surface area is 159 Å². The number of amides is 1. The first-order valence-electron chi connectivity index (χ1n) is 8.16. The van der Waals surface area contributed by atoms with E-state index in [4.69, 9.17) is 11.6 Å². The summed E-state index contributed by atoms with van der Waals surface area (Å²) in [5.74, 6) is 0.0250. The SMILES string of the molecule is O=C(NC1CCS(=O)(=O)CC1)c1cc(-c2cnn3ccccc23)c(Cl)s1. The minimum atomic E-state index is -2.95. The van der Waals surface area contributed by atoms with Crippen molar-refractivity contribution in [3.8, 4) is 11.1 Å². The molecule has 1 saturated heterocycles. The van der Waals surface area contributed by atoms with Crippen molar-refractivity contribution in [1.82, 2.24) is 14.9 Å². The van der Waals surface area contributed by atoms with Crippen LogP contribution in [0.15, 0.2) is 36.7 Å². The van der Waals surface area contributed by atoms with Gasteiger partial charge < -0.3 is 5.32 Å². The molecule has 0 radical (unpaired) electrons. The van der Waals surface area contributed by atoms with Crippen LogP contribution in [0.3, 0.4) is 0 Å². The molecule has 0 bridgehead atoms. The summed E-state index contributed by atoms with van der Waals surface area (Å²) in [7, 11) is -2.95. The molecule has 1 aliphatic heterocycles. The topological polar surface area (TPSA) is 80.5 Å². The van der Waals surface area contributed by atoms with Gasteiger partial charge in [-0.1, -0.05) is 17.7 Å². The Kier molecular flexibility index (Phi) is 4.50. The second kappa shape index (κ2) is 6.68. The number of carbonyl (C=O) groups is 1. The van der Waals surface area contributed by atoms with E-state index in [-0.39, 0.29) is 23.5 Å². The molecule has 0 saturated carbocycles. The monoisotopic (exact) mass is 409 g/mol. The largest absolute Gasteiger partial charge is 0.349 e. The van der Waals surface area contributed by atoms with Crippen LogP contribution in [0.25, 0.3) is 16.6 Å². The molecule has 9 heteroatoms. The van der Waals surface area contributed by atoms with Crippen molar-refractivity contribution in [2.24, 2.45) is 0 Å². The first kappa shape index (κ1) is 17.5. The van der Waals surface area contributed by atoms with Gasteiger partial charge in [0.05, 0.1) is 28.1 Å². The van der Waals surface area contributed by atoms with E-state index < -0.39 is 9.84 Å². The van der Waals surface area contributed by atoms with Crippen molar-refractivity contribution in [1.29, 1.82) is 0 Å². The molecule has 26 heavy (non-hydrogen) atoms. The number of aromatic nitrogens is 2. The molecule has 1 N–H and O–H groups in total. The van der Waals surface area contributed by atoms with Crippen molar-refractivity contribution >= 4 is 44.2 Å². The van der Waals surface area contributed by atoms with Crippen LogP contribution in [0.2, 0.25) is 4.34 Å². The van der Waals surface area contributed by atoms with Gasteiger partial charge in [-0.25, -0.2) is 12.9 Å². The summed E-state index contributed by atoms with van der Waals surface area (Å²) < 4.78 is 25.3. The highest BCUT2D eigenvalue weighted by atomic mass is 35.5. The van der Waals surface area contributed by atoms with E-state index in [9.17, 15) is 13.2 Å². The summed E-state index contributed by atoms with van der Waals surface area (Å²) in [6.07, 6.45) is 4.49. The molecule has 0 atom stereocenters. The van der Waals surface area contributed by atoms with Gasteiger partial charge in [-0.05, 0) is 31.0 Å². The van der Waals surface area contributed by atoms with E-state index in [0.717, 1.165) is 16.6 Å². The quantitative estimate of drug-likeness (QED) is 0.721. The van der Waals surface area contributed by atoms with Crippen LogP contribution in [0.5, 0.6) is 0 Å². The Morgan fingerprint density at radius 2 is 2.04 bits per heavy atom. The van der Waals surface area contributed by atoms with Crippen LogP contribution in [0.1, 0.15) is 22.5 Å². The van der Waals surface area contributed by atoms with Gasteiger partial charge in [0, 0.05) is 23.4 Å². The average Bonchev–Trinajstić information content (AvgIpc) is 3.20. The van der Waals surface area contributed by atoms with Crippen LogP contribution < -0.4 is 5.32 Å². The Bertz CT molecular complexity index is 1070. The van der Waals surface area contributed by atoms with Gasteiger partial charge in [0.1, 0.15) is 14.2 Å². The van der Waals surface area contributed by atoms with Crippen molar-refractivity contribution in [3.05, 3.63) is 45.9 Å². The predicted octanol–water partition coefficient (Wildman–Crippen LogP) is 3.02. The van der Waals surface area contributed by atoms with E-state index in [1.807, 2.05) is 24.4 Å². The zero-order valence-electron chi connectivity index (χ0n) is 13.7. The lowest BCUT2D eigenvalue weighted by molar-refractivity contribution is 0.0938. The van der Waals surface area contributed by atoms with Crippen molar-refractivity contribution < 1.29 is 13.2 Å². The third-order valence-electron chi connectivity index (χ3n) is 4.52. The molecule has 0 aromatic carbocycles. The van der Waals surface area contributed by atoms with E-state index in [2.05, 4.69) is 10.4 Å². The summed E-state index contributed by atoms with van der Waals surface area (Å²) in [6, 6.07) is 7.41. The lowest BCUT2D eigenvalue weighted by atomic mass is 10.1. The molecule has 3 aromatic rings. The van der Waals surface area contributed by atoms with Gasteiger partial charge in [-0.2, -0.15) is 5.10 Å². The fraction of sp³-hybridized carbons (Fsp3) is 0.294. The molecule has 136 valence electrons. The number of pyridine rings is 1. The number of nitrogens with zero attached hydrogens (tertiary/aromatic N) is 2. The second-order valence-corrected chi connectivity index (χ2v) is 10.2. The Hall–Kier alpha value is -1.90. The number of hydrogen-bond acceptors (Lipinski definition) is 5. The number of carbonyl (C=O) groups excluding carboxylic acids is 1. The summed E-state index contributed by atoms with van der Waals surface area (Å²) >= 11 is 7.60. The van der Waals surface area contributed by atoms with Gasteiger partial charge in [-0.15, -0.1) is 11.3 Å². The van der Waals surface area contributed by atoms with Gasteiger partial charge in [0.25, 0.3) is 5.91 Å². The normalized spacial score (nSPS) is 17.4. The number of fused-ring (bicyclic) bond motifs is 1. The summed E-state index contributed by atoms with van der Waals surface area (Å²) in [5, 5.41) is 7.23. The Balaban J connectivity index is 1.56. The maximum Gasteiger partial charge on any atom is 0.261 e. The third-order valence-corrected chi connectivity index (χ3v) is 7.59. The summed E-state index contributed by atoms with van der Waals surface area (Å²) in [4.78, 5) is 13.1. The molecular formula is C17H16ClN3O3S2. The highest BCUT2D eigenvalue weighted by Crippen LogP contribution is 2.37. The number of rotatable bonds is 3. The molecule has 4 heterocycles. The van der Waals surface area contributed by atoms with Crippen LogP contribution in [0.4, 0.5) is 0 Å². The fourth-order valence-electron chi connectivity index (χ4n) is 3.10. The molecule has 0 spiro atoms. The van der Waals surface area contributed by atoms with Crippen molar-refractivity contribution in [2.45, 2.75) is 18.9 Å². The standard InChI is InChI=1S/C17H16ClN3O3S2/c18-16-12(13-10-19-21-6-2-1-3-14(13)21)9-15(25-16)17(22)20-11-4-7-26(23,24)8-5-11/h1-3,6,9-11H,4-5,7-8H2,(H,20,22). The fourth-order valence-corrected chi connectivity index (χ4v) is 5.79. The molecule has 0 unspecified atom stereocenters. The molecule has 0 aliphatic carbocycles. The van der Waals surface area contributed by atoms with E-state index in [1.165, 1.54) is 11.3 Å². The lowest BCUT2D eigenvalue weighted by Crippen LogP contribution is -2.40. The molecule has 6 nitrogen and oxygen atoms in total. The first-order chi connectivity index (χ1) is 12.4. The highest BCUT2D eigenvalue weighted by molar-refractivity contribution is 7.91. The van der Waals surface area contributed by atoms with E-state index in [0.29, 0.717) is 22.1 Å². The van der Waals surface area contributed by atoms with Gasteiger partial charge in [-0.3, -0.25) is 4.79 Å². The Morgan fingerprint density at radius 1 is 1.27 bits per heavy atom. The van der Waals surface area contributed by atoms with E-state index >= 15 is 0 Å². The molecule has 1 aliphatic rings. The second-order valence-electron chi connectivity index (χ2n) is 6.29. The minimum absolute atomic E-state index is 0.118. The zero-order chi connectivity index (χ0) is 18.3. The minimum Gasteiger partial charge on any atom is -0.349 e. The number of sulfone groups is 1. The smallest absolute Gasteiger partial charge is 0.261 e. The molecular weight excluding hydrogens is 394 g/mol. The predicted molar refractivity (Wildman–Crippen MR) is 103 cm³/mol. The Morgan fingerprint density at radius 3 is 2.81 bits per heavy atom. The highest BCUT2D eigenvalue weighted by Gasteiger charge is 2.26. The summed E-state index contributed by atoms with van der Waals surface area (Å²) in [5.41, 5.74) is 2.56. The number of hydrogen-bond donors (Lipinski definition) is 1. The maximum atomic E-state index is 12.5. The molecule has 1 amide bonds. The average molecular weight is 410 g/mol. The third kappa shape index (κ3) is 3.36. The van der Waals surface area contributed by atoms with Gasteiger partial charge in [0.15, 0.2) is 0 Å². The van der Waals surface area contributed by atoms with Gasteiger partial charge in [0.2, 0.25) is 0 Å². The molecule has 4 rings (SSSR count). The van der Waals surface area contributed by atoms with Crippen LogP contribution >= 0.6 is 22.9 Å².